The lowest BCUT2D eigenvalue weighted by Crippen LogP contribution is -2.23. The summed E-state index contributed by atoms with van der Waals surface area (Å²) in [6, 6.07) is 24.7. The third-order valence-corrected chi connectivity index (χ3v) is 4.43. The molecule has 1 fully saturated rings. The van der Waals surface area contributed by atoms with Crippen molar-refractivity contribution in [2.45, 2.75) is 0 Å². The molecule has 0 spiro atoms. The van der Waals surface area contributed by atoms with Gasteiger partial charge >= 0.3 is 6.09 Å². The Morgan fingerprint density at radius 1 is 0.889 bits per heavy atom. The number of anilines is 2. The van der Waals surface area contributed by atoms with E-state index in [1.807, 2.05) is 48.5 Å². The minimum Gasteiger partial charge on any atom is -0.447 e. The molecule has 0 unspecified atom stereocenters. The topological polar surface area (TPSA) is 58.6 Å². The van der Waals surface area contributed by atoms with Gasteiger partial charge in [-0.25, -0.2) is 4.79 Å². The SMILES string of the molecule is O=C(Nc1cccc(N2CCOC2=O)c1)c1ccc(-c2ccccc2)cc1. The van der Waals surface area contributed by atoms with Gasteiger partial charge in [-0.3, -0.25) is 9.69 Å². The van der Waals surface area contributed by atoms with E-state index in [1.54, 1.807) is 35.2 Å². The van der Waals surface area contributed by atoms with E-state index in [-0.39, 0.29) is 12.0 Å². The van der Waals surface area contributed by atoms with Crippen LogP contribution in [0, 0.1) is 0 Å². The zero-order valence-corrected chi connectivity index (χ0v) is 14.6. The molecule has 0 bridgehead atoms. The minimum atomic E-state index is -0.366. The monoisotopic (exact) mass is 358 g/mol. The second-order valence-corrected chi connectivity index (χ2v) is 6.21. The first-order valence-electron chi connectivity index (χ1n) is 8.72. The van der Waals surface area contributed by atoms with Gasteiger partial charge in [-0.2, -0.15) is 0 Å². The summed E-state index contributed by atoms with van der Waals surface area (Å²) >= 11 is 0. The van der Waals surface area contributed by atoms with Crippen molar-refractivity contribution in [1.29, 1.82) is 0 Å². The summed E-state index contributed by atoms with van der Waals surface area (Å²) in [5.41, 5.74) is 4.07. The van der Waals surface area contributed by atoms with Crippen molar-refractivity contribution in [1.82, 2.24) is 0 Å². The van der Waals surface area contributed by atoms with Crippen LogP contribution in [-0.2, 0) is 4.74 Å². The molecule has 3 aromatic carbocycles. The fraction of sp³-hybridized carbons (Fsp3) is 0.0909. The molecule has 0 aliphatic carbocycles. The van der Waals surface area contributed by atoms with Crippen LogP contribution in [0.25, 0.3) is 11.1 Å². The summed E-state index contributed by atoms with van der Waals surface area (Å²) in [6.07, 6.45) is -0.366. The maximum Gasteiger partial charge on any atom is 0.414 e. The Hall–Kier alpha value is -3.60. The molecule has 3 aromatic rings. The van der Waals surface area contributed by atoms with E-state index in [4.69, 9.17) is 4.74 Å². The van der Waals surface area contributed by atoms with E-state index in [0.717, 1.165) is 11.1 Å². The molecule has 5 heteroatoms. The van der Waals surface area contributed by atoms with E-state index in [0.29, 0.717) is 30.1 Å². The average molecular weight is 358 g/mol. The lowest BCUT2D eigenvalue weighted by atomic mass is 10.0. The predicted molar refractivity (Wildman–Crippen MR) is 105 cm³/mol. The first-order chi connectivity index (χ1) is 13.2. The standard InChI is InChI=1S/C22H18N2O3/c25-21(18-11-9-17(10-12-18)16-5-2-1-3-6-16)23-19-7-4-8-20(15-19)24-13-14-27-22(24)26/h1-12,15H,13-14H2,(H,23,25). The highest BCUT2D eigenvalue weighted by atomic mass is 16.6. The number of benzene rings is 3. The molecule has 1 heterocycles. The lowest BCUT2D eigenvalue weighted by molar-refractivity contribution is 0.102. The number of carbonyl (C=O) groups excluding carboxylic acids is 2. The second kappa shape index (κ2) is 7.33. The van der Waals surface area contributed by atoms with Gasteiger partial charge in [0.15, 0.2) is 0 Å². The molecule has 1 N–H and O–H groups in total. The molecule has 4 rings (SSSR count). The fourth-order valence-corrected chi connectivity index (χ4v) is 3.03. The van der Waals surface area contributed by atoms with Gasteiger partial charge in [-0.15, -0.1) is 0 Å². The van der Waals surface area contributed by atoms with Gasteiger partial charge in [0.05, 0.1) is 6.54 Å². The Morgan fingerprint density at radius 3 is 2.33 bits per heavy atom. The summed E-state index contributed by atoms with van der Waals surface area (Å²) in [4.78, 5) is 25.8. The number of ether oxygens (including phenoxy) is 1. The van der Waals surface area contributed by atoms with E-state index >= 15 is 0 Å². The van der Waals surface area contributed by atoms with E-state index in [2.05, 4.69) is 5.32 Å². The quantitative estimate of drug-likeness (QED) is 0.744. The van der Waals surface area contributed by atoms with Gasteiger partial charge in [0, 0.05) is 16.9 Å². The Kier molecular flexibility index (Phi) is 4.58. The predicted octanol–water partition coefficient (Wildman–Crippen LogP) is 4.56. The molecule has 0 aromatic heterocycles. The van der Waals surface area contributed by atoms with Crippen LogP contribution in [0.1, 0.15) is 10.4 Å². The van der Waals surface area contributed by atoms with E-state index < -0.39 is 0 Å². The van der Waals surface area contributed by atoms with Crippen molar-refractivity contribution >= 4 is 23.4 Å². The smallest absolute Gasteiger partial charge is 0.414 e. The number of hydrogen-bond acceptors (Lipinski definition) is 3. The van der Waals surface area contributed by atoms with Gasteiger partial charge in [-0.1, -0.05) is 48.5 Å². The van der Waals surface area contributed by atoms with Crippen molar-refractivity contribution in [3.05, 3.63) is 84.4 Å². The van der Waals surface area contributed by atoms with Crippen LogP contribution in [0.15, 0.2) is 78.9 Å². The number of nitrogens with one attached hydrogen (secondary N) is 1. The molecule has 1 aliphatic rings. The number of nitrogens with zero attached hydrogens (tertiary/aromatic N) is 1. The normalized spacial score (nSPS) is 13.3. The third-order valence-electron chi connectivity index (χ3n) is 4.43. The first kappa shape index (κ1) is 16.8. The molecule has 5 nitrogen and oxygen atoms in total. The Labute approximate surface area is 157 Å². The summed E-state index contributed by atoms with van der Waals surface area (Å²) in [6.45, 7) is 0.889. The van der Waals surface area contributed by atoms with Crippen LogP contribution < -0.4 is 10.2 Å². The van der Waals surface area contributed by atoms with Crippen molar-refractivity contribution in [3.63, 3.8) is 0 Å². The van der Waals surface area contributed by atoms with Crippen LogP contribution in [0.3, 0.4) is 0 Å². The van der Waals surface area contributed by atoms with Crippen molar-refractivity contribution in [3.8, 4) is 11.1 Å². The number of cyclic esters (lactones) is 1. The molecule has 134 valence electrons. The lowest BCUT2D eigenvalue weighted by Gasteiger charge is -2.14. The Balaban J connectivity index is 1.48. The number of carbonyl (C=O) groups is 2. The highest BCUT2D eigenvalue weighted by molar-refractivity contribution is 6.05. The molecular formula is C22H18N2O3. The van der Waals surface area contributed by atoms with Crippen molar-refractivity contribution < 1.29 is 14.3 Å². The van der Waals surface area contributed by atoms with Crippen molar-refractivity contribution in [2.24, 2.45) is 0 Å². The first-order valence-corrected chi connectivity index (χ1v) is 8.72. The van der Waals surface area contributed by atoms with Crippen LogP contribution in [0.2, 0.25) is 0 Å². The van der Waals surface area contributed by atoms with Crippen LogP contribution in [0.4, 0.5) is 16.2 Å². The van der Waals surface area contributed by atoms with E-state index in [9.17, 15) is 9.59 Å². The summed E-state index contributed by atoms with van der Waals surface area (Å²) in [5.74, 6) is -0.198. The number of hydrogen-bond donors (Lipinski definition) is 1. The van der Waals surface area contributed by atoms with Gasteiger partial charge in [-0.05, 0) is 41.5 Å². The van der Waals surface area contributed by atoms with Gasteiger partial charge in [0.1, 0.15) is 6.61 Å². The van der Waals surface area contributed by atoms with Crippen molar-refractivity contribution in [2.75, 3.05) is 23.4 Å². The van der Waals surface area contributed by atoms with Gasteiger partial charge in [0.25, 0.3) is 5.91 Å². The Bertz CT molecular complexity index is 968. The largest absolute Gasteiger partial charge is 0.447 e. The van der Waals surface area contributed by atoms with Gasteiger partial charge in [0.2, 0.25) is 0 Å². The molecule has 27 heavy (non-hydrogen) atoms. The highest BCUT2D eigenvalue weighted by Crippen LogP contribution is 2.23. The molecule has 0 saturated carbocycles. The number of amides is 2. The highest BCUT2D eigenvalue weighted by Gasteiger charge is 2.23. The molecule has 1 saturated heterocycles. The summed E-state index contributed by atoms with van der Waals surface area (Å²) in [7, 11) is 0. The molecule has 1 aliphatic heterocycles. The molecule has 0 atom stereocenters. The number of rotatable bonds is 4. The zero-order valence-electron chi connectivity index (χ0n) is 14.6. The van der Waals surface area contributed by atoms with Gasteiger partial charge < -0.3 is 10.1 Å². The van der Waals surface area contributed by atoms with E-state index in [1.165, 1.54) is 0 Å². The maximum atomic E-state index is 12.5. The zero-order chi connectivity index (χ0) is 18.6. The Morgan fingerprint density at radius 2 is 1.63 bits per heavy atom. The summed E-state index contributed by atoms with van der Waals surface area (Å²) < 4.78 is 4.96. The minimum absolute atomic E-state index is 0.198. The van der Waals surface area contributed by atoms with Crippen LogP contribution >= 0.6 is 0 Å². The second-order valence-electron chi connectivity index (χ2n) is 6.21. The van der Waals surface area contributed by atoms with Crippen LogP contribution in [0.5, 0.6) is 0 Å². The molecular weight excluding hydrogens is 340 g/mol. The summed E-state index contributed by atoms with van der Waals surface area (Å²) in [5, 5.41) is 2.88. The average Bonchev–Trinajstić information content (AvgIpc) is 3.15. The van der Waals surface area contributed by atoms with Crippen LogP contribution in [-0.4, -0.2) is 25.2 Å². The molecule has 0 radical (unpaired) electrons. The fourth-order valence-electron chi connectivity index (χ4n) is 3.03. The maximum absolute atomic E-state index is 12.5. The third kappa shape index (κ3) is 3.67. The molecule has 2 amide bonds.